The summed E-state index contributed by atoms with van der Waals surface area (Å²) < 4.78 is 53.2. The number of ether oxygens (including phenoxy) is 1. The second-order valence-corrected chi connectivity index (χ2v) is 18.5. The first-order chi connectivity index (χ1) is 21.3. The molecule has 46 heavy (non-hydrogen) atoms. The van der Waals surface area contributed by atoms with Gasteiger partial charge in [-0.1, -0.05) is 73.3 Å². The van der Waals surface area contributed by atoms with E-state index in [2.05, 4.69) is 18.1 Å². The summed E-state index contributed by atoms with van der Waals surface area (Å²) in [6.45, 7) is 23.7. The molecule has 0 spiro atoms. The van der Waals surface area contributed by atoms with E-state index in [9.17, 15) is 27.9 Å². The topological polar surface area (TPSA) is 85.7 Å². The van der Waals surface area contributed by atoms with Crippen LogP contribution in [-0.4, -0.2) is 54.6 Å². The number of hydrogen-bond donors (Lipinski definition) is 1. The maximum atomic E-state index is 14.0. The lowest BCUT2D eigenvalue weighted by molar-refractivity contribution is -0.153. The molecule has 0 bridgehead atoms. The van der Waals surface area contributed by atoms with Gasteiger partial charge >= 0.3 is 12.1 Å². The van der Waals surface area contributed by atoms with Gasteiger partial charge in [0.2, 0.25) is 0 Å². The number of carbonyl (C=O) groups is 2. The molecular weight excluding hydrogens is 632 g/mol. The van der Waals surface area contributed by atoms with Gasteiger partial charge in [0.25, 0.3) is 0 Å². The molecular formula is C35H54F3NO5SSi. The van der Waals surface area contributed by atoms with Crippen LogP contribution < -0.4 is 0 Å². The molecule has 0 aliphatic carbocycles. The summed E-state index contributed by atoms with van der Waals surface area (Å²) in [6.07, 6.45) is -2.34. The van der Waals surface area contributed by atoms with Gasteiger partial charge in [0.05, 0.1) is 34.9 Å². The molecule has 0 unspecified atom stereocenters. The molecule has 0 saturated carbocycles. The fourth-order valence-electron chi connectivity index (χ4n) is 5.55. The van der Waals surface area contributed by atoms with E-state index in [0.29, 0.717) is 17.7 Å². The first-order valence-electron chi connectivity index (χ1n) is 16.0. The summed E-state index contributed by atoms with van der Waals surface area (Å²) in [5.74, 6) is -1.88. The Labute approximate surface area is 279 Å². The van der Waals surface area contributed by atoms with Crippen molar-refractivity contribution in [3.8, 4) is 0 Å². The number of rotatable bonds is 20. The number of hydrogen-bond acceptors (Lipinski definition) is 7. The summed E-state index contributed by atoms with van der Waals surface area (Å²) in [4.78, 5) is 32.1. The summed E-state index contributed by atoms with van der Waals surface area (Å²) in [7, 11) is -2.37. The maximum Gasteiger partial charge on any atom is 0.416 e. The molecule has 1 N–H and O–H groups in total. The minimum absolute atomic E-state index is 0.200. The van der Waals surface area contributed by atoms with E-state index in [1.54, 1.807) is 39.8 Å². The highest BCUT2D eigenvalue weighted by Crippen LogP contribution is 2.37. The summed E-state index contributed by atoms with van der Waals surface area (Å²) in [5, 5.41) is 13.6. The number of alkyl halides is 3. The Balaban J connectivity index is 3.52. The zero-order valence-corrected chi connectivity index (χ0v) is 30.8. The Morgan fingerprint density at radius 3 is 2.15 bits per heavy atom. The minimum Gasteiger partial charge on any atom is -0.457 e. The molecule has 1 rings (SSSR count). The monoisotopic (exact) mass is 685 g/mol. The average molecular weight is 686 g/mol. The number of Topliss-reactive ketones (excluding diaryl/α,β-unsaturated/α-hetero) is 1. The summed E-state index contributed by atoms with van der Waals surface area (Å²) >= 11 is 1.43. The van der Waals surface area contributed by atoms with Crippen molar-refractivity contribution in [2.75, 3.05) is 0 Å². The fraction of sp³-hybridized carbons (Fsp3) is 0.629. The number of aliphatic hydroxyl groups excluding tert-OH is 1. The molecule has 5 atom stereocenters. The van der Waals surface area contributed by atoms with Crippen LogP contribution in [0.5, 0.6) is 0 Å². The van der Waals surface area contributed by atoms with Crippen molar-refractivity contribution in [1.29, 1.82) is 0 Å². The molecule has 0 aliphatic heterocycles. The van der Waals surface area contributed by atoms with Crippen LogP contribution in [0.25, 0.3) is 6.08 Å². The van der Waals surface area contributed by atoms with Gasteiger partial charge in [0.15, 0.2) is 8.32 Å². The van der Waals surface area contributed by atoms with Crippen LogP contribution in [0.3, 0.4) is 0 Å². The normalized spacial score (nSPS) is 16.7. The fourth-order valence-corrected chi connectivity index (χ4v) is 9.10. The van der Waals surface area contributed by atoms with Gasteiger partial charge in [-0.25, -0.2) is 4.98 Å². The third-order valence-corrected chi connectivity index (χ3v) is 14.5. The lowest BCUT2D eigenvalue weighted by atomic mass is 9.73. The van der Waals surface area contributed by atoms with Crippen molar-refractivity contribution >= 4 is 37.5 Å². The van der Waals surface area contributed by atoms with E-state index in [4.69, 9.17) is 9.16 Å². The van der Waals surface area contributed by atoms with E-state index in [-0.39, 0.29) is 24.5 Å². The van der Waals surface area contributed by atoms with E-state index < -0.39 is 55.7 Å². The van der Waals surface area contributed by atoms with E-state index in [0.717, 1.165) is 35.3 Å². The number of aryl methyl sites for hydroxylation is 1. The van der Waals surface area contributed by atoms with Gasteiger partial charge in [-0.2, -0.15) is 13.2 Å². The molecule has 260 valence electrons. The molecule has 1 aromatic rings. The molecule has 11 heteroatoms. The number of allylic oxidation sites excluding steroid dienone is 3. The van der Waals surface area contributed by atoms with Crippen molar-refractivity contribution in [3.05, 3.63) is 58.6 Å². The summed E-state index contributed by atoms with van der Waals surface area (Å²) in [6, 6.07) is 2.32. The van der Waals surface area contributed by atoms with Crippen molar-refractivity contribution in [2.45, 2.75) is 124 Å². The van der Waals surface area contributed by atoms with Crippen LogP contribution in [0.15, 0.2) is 47.9 Å². The molecule has 0 saturated heterocycles. The average Bonchev–Trinajstić information content (AvgIpc) is 3.41. The highest BCUT2D eigenvalue weighted by atomic mass is 32.1. The second kappa shape index (κ2) is 18.3. The lowest BCUT2D eigenvalue weighted by Gasteiger charge is -2.42. The highest BCUT2D eigenvalue weighted by molar-refractivity contribution is 7.09. The van der Waals surface area contributed by atoms with E-state index >= 15 is 0 Å². The molecule has 1 aromatic heterocycles. The van der Waals surface area contributed by atoms with Crippen LogP contribution in [0.2, 0.25) is 18.1 Å². The number of carbonyl (C=O) groups excluding carboxylic acids is 2. The first-order valence-corrected chi connectivity index (χ1v) is 19.4. The van der Waals surface area contributed by atoms with Crippen LogP contribution >= 0.6 is 11.3 Å². The number of ketones is 1. The predicted octanol–water partition coefficient (Wildman–Crippen LogP) is 9.42. The van der Waals surface area contributed by atoms with Gasteiger partial charge < -0.3 is 14.3 Å². The van der Waals surface area contributed by atoms with Crippen LogP contribution in [0, 0.1) is 24.2 Å². The number of aliphatic hydroxyl groups is 1. The second-order valence-electron chi connectivity index (χ2n) is 12.7. The Bertz CT molecular complexity index is 1230. The Morgan fingerprint density at radius 1 is 1.11 bits per heavy atom. The Hall–Kier alpha value is -2.34. The summed E-state index contributed by atoms with van der Waals surface area (Å²) in [5.41, 5.74) is -0.988. The van der Waals surface area contributed by atoms with Crippen LogP contribution in [0.4, 0.5) is 13.2 Å². The van der Waals surface area contributed by atoms with Gasteiger partial charge in [-0.05, 0) is 56.0 Å². The van der Waals surface area contributed by atoms with Gasteiger partial charge in [-0.3, -0.25) is 9.59 Å². The first kappa shape index (κ1) is 41.7. The highest BCUT2D eigenvalue weighted by Gasteiger charge is 2.46. The van der Waals surface area contributed by atoms with Crippen LogP contribution in [-0.2, 0) is 18.8 Å². The lowest BCUT2D eigenvalue weighted by Crippen LogP contribution is -2.51. The zero-order chi connectivity index (χ0) is 35.5. The Morgan fingerprint density at radius 2 is 1.70 bits per heavy atom. The molecule has 0 aromatic carbocycles. The number of nitrogens with zero attached hydrogens (tertiary/aromatic N) is 1. The van der Waals surface area contributed by atoms with Crippen molar-refractivity contribution in [3.63, 3.8) is 0 Å². The molecule has 6 nitrogen and oxygen atoms in total. The van der Waals surface area contributed by atoms with Gasteiger partial charge in [0.1, 0.15) is 11.9 Å². The number of thiazole rings is 1. The van der Waals surface area contributed by atoms with Crippen LogP contribution in [0.1, 0.15) is 85.4 Å². The third-order valence-electron chi connectivity index (χ3n) is 9.06. The van der Waals surface area contributed by atoms with E-state index in [1.165, 1.54) is 11.3 Å². The third kappa shape index (κ3) is 11.7. The quantitative estimate of drug-likeness (QED) is 0.0637. The van der Waals surface area contributed by atoms with Gasteiger partial charge in [0, 0.05) is 23.1 Å². The van der Waals surface area contributed by atoms with Gasteiger partial charge in [-0.15, -0.1) is 17.9 Å². The molecule has 0 radical (unpaired) electrons. The molecule has 0 aliphatic rings. The standard InChI is InChI=1S/C35H54F3NO5SSi/c1-12-17-23(6)32(41)25(8)33(42)34(10,11)30(44-46(14-3,15-4)16-5)21-31(40)43-29(19-18-27(13-2)35(36,37)38)24(7)20-28-22-45-26(9)39-28/h12-13,18,20,22-23,25,29-30,32,41H,1-2,14-17,19,21H2,3-11H3/b24-20+,27-18+/t23-,25+,29-,30-,32-/m0/s1. The largest absolute Gasteiger partial charge is 0.457 e. The maximum absolute atomic E-state index is 14.0. The molecule has 0 amide bonds. The number of esters is 1. The van der Waals surface area contributed by atoms with Crippen molar-refractivity contribution in [2.24, 2.45) is 17.3 Å². The number of halogens is 3. The zero-order valence-electron chi connectivity index (χ0n) is 29.0. The van der Waals surface area contributed by atoms with Crippen molar-refractivity contribution in [1.82, 2.24) is 4.98 Å². The minimum atomic E-state index is -4.61. The number of aromatic nitrogens is 1. The molecule has 1 heterocycles. The molecule has 0 fully saturated rings. The smallest absolute Gasteiger partial charge is 0.416 e. The van der Waals surface area contributed by atoms with E-state index in [1.807, 2.05) is 40.0 Å². The predicted molar refractivity (Wildman–Crippen MR) is 184 cm³/mol. The van der Waals surface area contributed by atoms with Crippen molar-refractivity contribution < 1.29 is 37.0 Å². The SMILES string of the molecule is C=CC[C@H](C)[C@H](O)[C@@H](C)C(=O)C(C)(C)[C@H](CC(=O)O[C@@H](C/C=C(\C=C)C(F)(F)F)/C(C)=C/c1csc(C)n1)O[Si](CC)(CC)CC. The Kier molecular flexibility index (Phi) is 16.6.